The van der Waals surface area contributed by atoms with Crippen LogP contribution >= 0.6 is 11.6 Å². The fourth-order valence-electron chi connectivity index (χ4n) is 2.28. The van der Waals surface area contributed by atoms with E-state index in [1.54, 1.807) is 0 Å². The minimum Gasteiger partial charge on any atom is -0.327 e. The summed E-state index contributed by atoms with van der Waals surface area (Å²) in [6.45, 7) is 0. The molecule has 0 aliphatic heterocycles. The maximum absolute atomic E-state index is 5.94. The molecule has 2 N–H and O–H groups in total. The summed E-state index contributed by atoms with van der Waals surface area (Å²) in [7, 11) is 0. The molecule has 0 radical (unpaired) electrons. The number of rotatable bonds is 1. The van der Waals surface area contributed by atoms with Gasteiger partial charge in [0.15, 0.2) is 0 Å². The van der Waals surface area contributed by atoms with E-state index in [0.29, 0.717) is 0 Å². The Morgan fingerprint density at radius 3 is 2.59 bits per heavy atom. The van der Waals surface area contributed by atoms with E-state index >= 15 is 0 Å². The summed E-state index contributed by atoms with van der Waals surface area (Å²) in [5.41, 5.74) is 10.5. The molecule has 2 aromatic rings. The number of hydrogen-bond acceptors (Lipinski definition) is 2. The Kier molecular flexibility index (Phi) is 2.61. The molecule has 1 aliphatic rings. The van der Waals surface area contributed by atoms with Crippen molar-refractivity contribution in [2.45, 2.75) is 18.9 Å². The van der Waals surface area contributed by atoms with Gasteiger partial charge in [0.05, 0.1) is 5.69 Å². The van der Waals surface area contributed by atoms with Gasteiger partial charge in [0, 0.05) is 28.7 Å². The number of pyridine rings is 1. The molecule has 2 nitrogen and oxygen atoms in total. The lowest BCUT2D eigenvalue weighted by atomic mass is 10.1. The Hall–Kier alpha value is -1.38. The van der Waals surface area contributed by atoms with Gasteiger partial charge in [-0.2, -0.15) is 0 Å². The molecule has 3 rings (SSSR count). The first-order chi connectivity index (χ1) is 8.22. The molecule has 0 fully saturated rings. The molecule has 1 aromatic heterocycles. The second kappa shape index (κ2) is 4.13. The van der Waals surface area contributed by atoms with Gasteiger partial charge in [-0.3, -0.25) is 4.98 Å². The molecule has 0 saturated heterocycles. The molecule has 86 valence electrons. The smallest absolute Gasteiger partial charge is 0.0705 e. The summed E-state index contributed by atoms with van der Waals surface area (Å²) in [4.78, 5) is 4.68. The lowest BCUT2D eigenvalue weighted by Gasteiger charge is -2.04. The Bertz CT molecular complexity index is 549. The van der Waals surface area contributed by atoms with Crippen LogP contribution in [0, 0.1) is 0 Å². The molecular weight excluding hydrogens is 232 g/mol. The SMILES string of the molecule is NC1Cc2ccc(-c3ccc(Cl)cc3)nc2C1. The predicted octanol–water partition coefficient (Wildman–Crippen LogP) is 2.83. The van der Waals surface area contributed by atoms with Crippen LogP contribution in [0.5, 0.6) is 0 Å². The maximum Gasteiger partial charge on any atom is 0.0705 e. The highest BCUT2D eigenvalue weighted by Gasteiger charge is 2.19. The van der Waals surface area contributed by atoms with Crippen molar-refractivity contribution in [3.63, 3.8) is 0 Å². The number of nitrogens with two attached hydrogens (primary N) is 1. The van der Waals surface area contributed by atoms with Crippen molar-refractivity contribution < 1.29 is 0 Å². The molecule has 0 spiro atoms. The van der Waals surface area contributed by atoms with Gasteiger partial charge in [0.2, 0.25) is 0 Å². The van der Waals surface area contributed by atoms with Gasteiger partial charge < -0.3 is 5.73 Å². The van der Waals surface area contributed by atoms with Crippen LogP contribution in [-0.2, 0) is 12.8 Å². The molecule has 1 heterocycles. The molecular formula is C14H13ClN2. The number of nitrogens with zero attached hydrogens (tertiary/aromatic N) is 1. The molecule has 1 atom stereocenters. The third kappa shape index (κ3) is 2.06. The number of aromatic nitrogens is 1. The first kappa shape index (κ1) is 10.8. The molecule has 0 saturated carbocycles. The van der Waals surface area contributed by atoms with Crippen LogP contribution in [0.15, 0.2) is 36.4 Å². The second-order valence-corrected chi connectivity index (χ2v) is 4.91. The number of fused-ring (bicyclic) bond motifs is 1. The summed E-state index contributed by atoms with van der Waals surface area (Å²) in [6.07, 6.45) is 1.83. The van der Waals surface area contributed by atoms with E-state index in [1.807, 2.05) is 24.3 Å². The van der Waals surface area contributed by atoms with Crippen molar-refractivity contribution in [1.82, 2.24) is 4.98 Å². The van der Waals surface area contributed by atoms with E-state index in [-0.39, 0.29) is 6.04 Å². The zero-order chi connectivity index (χ0) is 11.8. The van der Waals surface area contributed by atoms with Gasteiger partial charge in [-0.25, -0.2) is 0 Å². The minimum absolute atomic E-state index is 0.234. The first-order valence-corrected chi connectivity index (χ1v) is 6.10. The summed E-state index contributed by atoms with van der Waals surface area (Å²) < 4.78 is 0. The van der Waals surface area contributed by atoms with Crippen molar-refractivity contribution >= 4 is 11.6 Å². The average Bonchev–Trinajstić information content (AvgIpc) is 2.69. The van der Waals surface area contributed by atoms with E-state index < -0.39 is 0 Å². The number of benzene rings is 1. The fraction of sp³-hybridized carbons (Fsp3) is 0.214. The van der Waals surface area contributed by atoms with Crippen LogP contribution in [-0.4, -0.2) is 11.0 Å². The highest BCUT2D eigenvalue weighted by Crippen LogP contribution is 2.25. The maximum atomic E-state index is 5.94. The van der Waals surface area contributed by atoms with Crippen molar-refractivity contribution in [2.24, 2.45) is 5.73 Å². The Morgan fingerprint density at radius 2 is 1.82 bits per heavy atom. The van der Waals surface area contributed by atoms with Gasteiger partial charge >= 0.3 is 0 Å². The largest absolute Gasteiger partial charge is 0.327 e. The minimum atomic E-state index is 0.234. The van der Waals surface area contributed by atoms with Crippen molar-refractivity contribution in [3.05, 3.63) is 52.7 Å². The van der Waals surface area contributed by atoms with Crippen LogP contribution in [0.4, 0.5) is 0 Å². The molecule has 0 amide bonds. The first-order valence-electron chi connectivity index (χ1n) is 5.73. The summed E-state index contributed by atoms with van der Waals surface area (Å²) in [5, 5.41) is 0.747. The third-order valence-electron chi connectivity index (χ3n) is 3.15. The van der Waals surface area contributed by atoms with Crippen LogP contribution < -0.4 is 5.73 Å². The monoisotopic (exact) mass is 244 g/mol. The van der Waals surface area contributed by atoms with E-state index in [9.17, 15) is 0 Å². The van der Waals surface area contributed by atoms with Gasteiger partial charge in [-0.15, -0.1) is 0 Å². The van der Waals surface area contributed by atoms with Crippen LogP contribution in [0.3, 0.4) is 0 Å². The molecule has 17 heavy (non-hydrogen) atoms. The number of hydrogen-bond donors (Lipinski definition) is 1. The molecule has 1 aromatic carbocycles. The topological polar surface area (TPSA) is 38.9 Å². The van der Waals surface area contributed by atoms with Crippen molar-refractivity contribution in [1.29, 1.82) is 0 Å². The Morgan fingerprint density at radius 1 is 1.06 bits per heavy atom. The quantitative estimate of drug-likeness (QED) is 0.838. The second-order valence-electron chi connectivity index (χ2n) is 4.48. The van der Waals surface area contributed by atoms with E-state index in [1.165, 1.54) is 5.56 Å². The van der Waals surface area contributed by atoms with Crippen molar-refractivity contribution in [3.8, 4) is 11.3 Å². The summed E-state index contributed by atoms with van der Waals surface area (Å²) in [6, 6.07) is 12.2. The van der Waals surface area contributed by atoms with Crippen molar-refractivity contribution in [2.75, 3.05) is 0 Å². The lowest BCUT2D eigenvalue weighted by Crippen LogP contribution is -2.19. The van der Waals surface area contributed by atoms with E-state index in [4.69, 9.17) is 17.3 Å². The Balaban J connectivity index is 2.00. The molecule has 0 bridgehead atoms. The molecule has 1 unspecified atom stereocenters. The van der Waals surface area contributed by atoms with E-state index in [2.05, 4.69) is 17.1 Å². The van der Waals surface area contributed by atoms with Crippen LogP contribution in [0.25, 0.3) is 11.3 Å². The predicted molar refractivity (Wildman–Crippen MR) is 70.1 cm³/mol. The summed E-state index contributed by atoms with van der Waals surface area (Å²) in [5.74, 6) is 0. The fourth-order valence-corrected chi connectivity index (χ4v) is 2.40. The zero-order valence-corrected chi connectivity index (χ0v) is 10.1. The standard InChI is InChI=1S/C14H13ClN2/c15-11-4-1-9(2-5-11)13-6-3-10-7-12(16)8-14(10)17-13/h1-6,12H,7-8,16H2. The van der Waals surface area contributed by atoms with Gasteiger partial charge in [0.25, 0.3) is 0 Å². The normalized spacial score (nSPS) is 18.1. The highest BCUT2D eigenvalue weighted by atomic mass is 35.5. The molecule has 1 aliphatic carbocycles. The summed E-state index contributed by atoms with van der Waals surface area (Å²) >= 11 is 5.88. The lowest BCUT2D eigenvalue weighted by molar-refractivity contribution is 0.716. The van der Waals surface area contributed by atoms with Crippen LogP contribution in [0.2, 0.25) is 5.02 Å². The molecule has 3 heteroatoms. The number of halogens is 1. The van der Waals surface area contributed by atoms with Gasteiger partial charge in [-0.05, 0) is 30.2 Å². The van der Waals surface area contributed by atoms with Crippen LogP contribution in [0.1, 0.15) is 11.3 Å². The highest BCUT2D eigenvalue weighted by molar-refractivity contribution is 6.30. The zero-order valence-electron chi connectivity index (χ0n) is 9.36. The Labute approximate surface area is 105 Å². The van der Waals surface area contributed by atoms with Gasteiger partial charge in [0.1, 0.15) is 0 Å². The van der Waals surface area contributed by atoms with E-state index in [0.717, 1.165) is 34.8 Å². The average molecular weight is 245 g/mol. The third-order valence-corrected chi connectivity index (χ3v) is 3.40. The van der Waals surface area contributed by atoms with Gasteiger partial charge in [-0.1, -0.05) is 29.8 Å².